The quantitative estimate of drug-likeness (QED) is 0.758. The molecule has 1 aliphatic carbocycles. The number of sulfonamides is 1. The van der Waals surface area contributed by atoms with Gasteiger partial charge in [-0.15, -0.1) is 0 Å². The van der Waals surface area contributed by atoms with E-state index in [9.17, 15) is 8.42 Å². The van der Waals surface area contributed by atoms with Gasteiger partial charge in [-0.25, -0.2) is 13.1 Å². The molecule has 2 rings (SSSR count). The number of anilines is 1. The molecule has 0 radical (unpaired) electrons. The van der Waals surface area contributed by atoms with E-state index in [0.717, 1.165) is 19.3 Å². The van der Waals surface area contributed by atoms with Crippen molar-refractivity contribution in [2.75, 3.05) is 12.4 Å². The van der Waals surface area contributed by atoms with Gasteiger partial charge in [-0.05, 0) is 38.4 Å². The molecule has 0 spiro atoms. The molecular weight excluding hydrogens is 250 g/mol. The fourth-order valence-corrected chi connectivity index (χ4v) is 3.19. The molecule has 0 aliphatic heterocycles. The van der Waals surface area contributed by atoms with E-state index in [1.807, 2.05) is 6.07 Å². The Kier molecular flexibility index (Phi) is 3.89. The molecule has 1 aromatic carbocycles. The zero-order valence-electron chi connectivity index (χ0n) is 10.4. The first-order valence-electron chi connectivity index (χ1n) is 6.09. The van der Waals surface area contributed by atoms with Crippen molar-refractivity contribution in [2.24, 2.45) is 5.73 Å². The number of hydrogen-bond donors (Lipinski definition) is 3. The van der Waals surface area contributed by atoms with E-state index < -0.39 is 10.0 Å². The van der Waals surface area contributed by atoms with Crippen molar-refractivity contribution in [3.8, 4) is 0 Å². The maximum Gasteiger partial charge on any atom is 0.242 e. The van der Waals surface area contributed by atoms with Gasteiger partial charge in [0.2, 0.25) is 10.0 Å². The predicted octanol–water partition coefficient (Wildman–Crippen LogP) is 0.886. The van der Waals surface area contributed by atoms with Crippen LogP contribution in [-0.4, -0.2) is 27.5 Å². The Morgan fingerprint density at radius 1 is 1.28 bits per heavy atom. The minimum absolute atomic E-state index is 0.0929. The smallest absolute Gasteiger partial charge is 0.242 e. The topological polar surface area (TPSA) is 84.2 Å². The van der Waals surface area contributed by atoms with Crippen LogP contribution in [0.5, 0.6) is 0 Å². The van der Waals surface area contributed by atoms with Crippen LogP contribution in [0.1, 0.15) is 19.3 Å². The monoisotopic (exact) mass is 269 g/mol. The Labute approximate surface area is 108 Å². The van der Waals surface area contributed by atoms with Gasteiger partial charge in [0.25, 0.3) is 0 Å². The van der Waals surface area contributed by atoms with Crippen LogP contribution in [0.3, 0.4) is 0 Å². The van der Waals surface area contributed by atoms with E-state index in [1.54, 1.807) is 18.2 Å². The van der Waals surface area contributed by atoms with Gasteiger partial charge < -0.3 is 11.1 Å². The molecule has 18 heavy (non-hydrogen) atoms. The van der Waals surface area contributed by atoms with E-state index in [2.05, 4.69) is 10.0 Å². The summed E-state index contributed by atoms with van der Waals surface area (Å²) in [5.41, 5.74) is 6.61. The van der Waals surface area contributed by atoms with E-state index in [4.69, 9.17) is 5.73 Å². The molecule has 2 unspecified atom stereocenters. The number of nitrogens with one attached hydrogen (secondary N) is 2. The maximum atomic E-state index is 11.9. The molecule has 4 N–H and O–H groups in total. The summed E-state index contributed by atoms with van der Waals surface area (Å²) >= 11 is 0. The Morgan fingerprint density at radius 2 is 2.00 bits per heavy atom. The van der Waals surface area contributed by atoms with Crippen molar-refractivity contribution in [3.63, 3.8) is 0 Å². The minimum atomic E-state index is -3.44. The molecule has 100 valence electrons. The molecule has 0 heterocycles. The van der Waals surface area contributed by atoms with Crippen LogP contribution >= 0.6 is 0 Å². The average Bonchev–Trinajstić information content (AvgIpc) is 2.76. The van der Waals surface area contributed by atoms with Crippen molar-refractivity contribution < 1.29 is 8.42 Å². The van der Waals surface area contributed by atoms with Crippen LogP contribution in [0.25, 0.3) is 0 Å². The Bertz CT molecular complexity index is 516. The van der Waals surface area contributed by atoms with Gasteiger partial charge in [0, 0.05) is 12.1 Å². The summed E-state index contributed by atoms with van der Waals surface area (Å²) in [7, 11) is -2.03. The van der Waals surface area contributed by atoms with Crippen molar-refractivity contribution in [1.29, 1.82) is 0 Å². The number of benzene rings is 1. The first-order chi connectivity index (χ1) is 8.54. The minimum Gasteiger partial charge on any atom is -0.380 e. The largest absolute Gasteiger partial charge is 0.380 e. The molecule has 1 fully saturated rings. The lowest BCUT2D eigenvalue weighted by molar-refractivity contribution is 0.587. The highest BCUT2D eigenvalue weighted by atomic mass is 32.2. The molecule has 2 atom stereocenters. The fourth-order valence-electron chi connectivity index (χ4n) is 2.30. The zero-order valence-corrected chi connectivity index (χ0v) is 11.2. The van der Waals surface area contributed by atoms with Crippen LogP contribution < -0.4 is 15.8 Å². The molecule has 0 bridgehead atoms. The molecule has 1 aliphatic rings. The maximum absolute atomic E-state index is 11.9. The summed E-state index contributed by atoms with van der Waals surface area (Å²) in [5.74, 6) is 0. The van der Waals surface area contributed by atoms with Gasteiger partial charge in [-0.1, -0.05) is 12.1 Å². The van der Waals surface area contributed by atoms with Crippen molar-refractivity contribution >= 4 is 15.7 Å². The molecule has 6 heteroatoms. The van der Waals surface area contributed by atoms with E-state index in [1.165, 1.54) is 7.05 Å². The standard InChI is InChI=1S/C12H19N3O2S/c1-14-18(16,17)12-8-3-2-6-11(12)15-10-7-4-5-9(10)13/h2-3,6,8-10,14-15H,4-5,7,13H2,1H3. The third-order valence-corrected chi connectivity index (χ3v) is 4.83. The lowest BCUT2D eigenvalue weighted by Gasteiger charge is -2.20. The van der Waals surface area contributed by atoms with Crippen LogP contribution in [0, 0.1) is 0 Å². The number of rotatable bonds is 4. The van der Waals surface area contributed by atoms with E-state index in [-0.39, 0.29) is 17.0 Å². The van der Waals surface area contributed by atoms with Crippen molar-refractivity contribution in [2.45, 2.75) is 36.2 Å². The SMILES string of the molecule is CNS(=O)(=O)c1ccccc1NC1CCCC1N. The Morgan fingerprint density at radius 3 is 2.61 bits per heavy atom. The normalized spacial score (nSPS) is 24.1. The molecule has 1 aromatic rings. The van der Waals surface area contributed by atoms with Gasteiger partial charge in [-0.3, -0.25) is 0 Å². The number of hydrogen-bond acceptors (Lipinski definition) is 4. The highest BCUT2D eigenvalue weighted by Gasteiger charge is 2.25. The first kappa shape index (κ1) is 13.3. The van der Waals surface area contributed by atoms with Gasteiger partial charge >= 0.3 is 0 Å². The summed E-state index contributed by atoms with van der Waals surface area (Å²) in [6.07, 6.45) is 3.05. The summed E-state index contributed by atoms with van der Waals surface area (Å²) in [6, 6.07) is 7.14. The molecule has 0 aromatic heterocycles. The predicted molar refractivity (Wildman–Crippen MR) is 71.9 cm³/mol. The zero-order chi connectivity index (χ0) is 13.2. The Balaban J connectivity index is 2.28. The van der Waals surface area contributed by atoms with Gasteiger partial charge in [0.05, 0.1) is 5.69 Å². The van der Waals surface area contributed by atoms with Crippen molar-refractivity contribution in [3.05, 3.63) is 24.3 Å². The molecule has 0 saturated heterocycles. The fraction of sp³-hybridized carbons (Fsp3) is 0.500. The van der Waals surface area contributed by atoms with Gasteiger partial charge in [0.1, 0.15) is 4.90 Å². The van der Waals surface area contributed by atoms with Gasteiger partial charge in [0.15, 0.2) is 0 Å². The molecule has 5 nitrogen and oxygen atoms in total. The van der Waals surface area contributed by atoms with Gasteiger partial charge in [-0.2, -0.15) is 0 Å². The lowest BCUT2D eigenvalue weighted by Crippen LogP contribution is -2.35. The number of nitrogens with two attached hydrogens (primary N) is 1. The van der Waals surface area contributed by atoms with Crippen LogP contribution in [0.4, 0.5) is 5.69 Å². The second kappa shape index (κ2) is 5.26. The average molecular weight is 269 g/mol. The second-order valence-electron chi connectivity index (χ2n) is 4.55. The van der Waals surface area contributed by atoms with Crippen LogP contribution in [0.15, 0.2) is 29.2 Å². The summed E-state index contributed by atoms with van der Waals surface area (Å²) in [6.45, 7) is 0. The summed E-state index contributed by atoms with van der Waals surface area (Å²) < 4.78 is 26.1. The van der Waals surface area contributed by atoms with Crippen molar-refractivity contribution in [1.82, 2.24) is 4.72 Å². The van der Waals surface area contributed by atoms with E-state index in [0.29, 0.717) is 5.69 Å². The van der Waals surface area contributed by atoms with Crippen LogP contribution in [-0.2, 0) is 10.0 Å². The molecule has 1 saturated carbocycles. The highest BCUT2D eigenvalue weighted by molar-refractivity contribution is 7.89. The molecule has 0 amide bonds. The van der Waals surface area contributed by atoms with E-state index >= 15 is 0 Å². The summed E-state index contributed by atoms with van der Waals surface area (Å²) in [5, 5.41) is 3.26. The lowest BCUT2D eigenvalue weighted by atomic mass is 10.2. The molecular formula is C12H19N3O2S. The Hall–Kier alpha value is -1.11. The summed E-state index contributed by atoms with van der Waals surface area (Å²) in [4.78, 5) is 0.270. The number of para-hydroxylation sites is 1. The first-order valence-corrected chi connectivity index (χ1v) is 7.57. The highest BCUT2D eigenvalue weighted by Crippen LogP contribution is 2.26. The second-order valence-corrected chi connectivity index (χ2v) is 6.40. The third kappa shape index (κ3) is 2.66. The van der Waals surface area contributed by atoms with Crippen LogP contribution in [0.2, 0.25) is 0 Å². The third-order valence-electron chi connectivity index (χ3n) is 3.36.